The zero-order chi connectivity index (χ0) is 23.5. The molecule has 1 aromatic carbocycles. The van der Waals surface area contributed by atoms with E-state index in [1.54, 1.807) is 0 Å². The van der Waals surface area contributed by atoms with E-state index in [0.717, 1.165) is 36.7 Å². The number of carbonyl (C=O) groups excluding carboxylic acids is 1. The average Bonchev–Trinajstić information content (AvgIpc) is 3.13. The second kappa shape index (κ2) is 7.26. The number of benzene rings is 1. The summed E-state index contributed by atoms with van der Waals surface area (Å²) in [6, 6.07) is 5.10. The maximum absolute atomic E-state index is 14.0. The lowest BCUT2D eigenvalue weighted by atomic mass is 9.60. The van der Waals surface area contributed by atoms with Crippen molar-refractivity contribution in [2.75, 3.05) is 13.1 Å². The SMILES string of the molecule is O=C(c1cc(O)ccc1F)N1CC2(CC(n3ncc(C(F)(F)F)c3-c3ccc(F)cn3)C2)C1. The molecule has 33 heavy (non-hydrogen) atoms. The molecule has 0 atom stereocenters. The van der Waals surface area contributed by atoms with Gasteiger partial charge in [-0.05, 0) is 43.2 Å². The molecule has 1 aliphatic carbocycles. The van der Waals surface area contributed by atoms with Gasteiger partial charge in [-0.3, -0.25) is 14.5 Å². The van der Waals surface area contributed by atoms with Gasteiger partial charge in [0.2, 0.25) is 0 Å². The minimum atomic E-state index is -4.66. The molecule has 0 bridgehead atoms. The van der Waals surface area contributed by atoms with Gasteiger partial charge < -0.3 is 10.0 Å². The van der Waals surface area contributed by atoms with E-state index in [4.69, 9.17) is 0 Å². The van der Waals surface area contributed by atoms with Crippen molar-refractivity contribution in [1.82, 2.24) is 19.7 Å². The first-order valence-electron chi connectivity index (χ1n) is 10.1. The first-order valence-corrected chi connectivity index (χ1v) is 10.1. The summed E-state index contributed by atoms with van der Waals surface area (Å²) in [4.78, 5) is 17.8. The quantitative estimate of drug-likeness (QED) is 0.583. The zero-order valence-corrected chi connectivity index (χ0v) is 17.0. The van der Waals surface area contributed by atoms with E-state index < -0.39 is 29.3 Å². The molecule has 0 unspecified atom stereocenters. The fraction of sp³-hybridized carbons (Fsp3) is 0.318. The first kappa shape index (κ1) is 21.4. The number of rotatable bonds is 3. The largest absolute Gasteiger partial charge is 0.508 e. The predicted octanol–water partition coefficient (Wildman–Crippen LogP) is 4.43. The summed E-state index contributed by atoms with van der Waals surface area (Å²) in [5.74, 6) is -2.17. The van der Waals surface area contributed by atoms with Crippen LogP contribution in [0.3, 0.4) is 0 Å². The van der Waals surface area contributed by atoms with E-state index in [2.05, 4.69) is 10.1 Å². The standard InChI is InChI=1S/C22H17F5N4O2/c23-12-1-4-18(28-8-12)19-16(22(25,26)27)9-29-31(19)13-6-21(7-13)10-30(11-21)20(33)15-5-14(32)2-3-17(15)24/h1-5,8-9,13,32H,6-7,10-11H2. The van der Waals surface area contributed by atoms with E-state index in [1.807, 2.05) is 0 Å². The maximum Gasteiger partial charge on any atom is 0.420 e. The minimum absolute atomic E-state index is 0.0352. The van der Waals surface area contributed by atoms with Crippen molar-refractivity contribution in [1.29, 1.82) is 0 Å². The third kappa shape index (κ3) is 3.61. The summed E-state index contributed by atoms with van der Waals surface area (Å²) in [5, 5.41) is 13.5. The molecule has 1 aliphatic heterocycles. The van der Waals surface area contributed by atoms with Gasteiger partial charge in [0.25, 0.3) is 5.91 Å². The lowest BCUT2D eigenvalue weighted by molar-refractivity contribution is -0.137. The molecular weight excluding hydrogens is 447 g/mol. The third-order valence-corrected chi connectivity index (χ3v) is 6.27. The van der Waals surface area contributed by atoms with Crippen LogP contribution in [-0.4, -0.2) is 43.8 Å². The van der Waals surface area contributed by atoms with Gasteiger partial charge >= 0.3 is 6.18 Å². The molecule has 1 amide bonds. The Labute approximate surface area is 184 Å². The van der Waals surface area contributed by atoms with Crippen LogP contribution >= 0.6 is 0 Å². The van der Waals surface area contributed by atoms with Gasteiger partial charge in [-0.15, -0.1) is 0 Å². The highest BCUT2D eigenvalue weighted by atomic mass is 19.4. The van der Waals surface area contributed by atoms with Gasteiger partial charge in [-0.2, -0.15) is 18.3 Å². The molecular formula is C22H17F5N4O2. The normalized spacial score (nSPS) is 17.7. The topological polar surface area (TPSA) is 71.2 Å². The molecule has 172 valence electrons. The number of alkyl halides is 3. The Morgan fingerprint density at radius 1 is 1.09 bits per heavy atom. The number of carbonyl (C=O) groups is 1. The van der Waals surface area contributed by atoms with Crippen LogP contribution in [0.25, 0.3) is 11.4 Å². The number of amides is 1. The highest BCUT2D eigenvalue weighted by molar-refractivity contribution is 5.95. The number of pyridine rings is 1. The summed E-state index contributed by atoms with van der Waals surface area (Å²) in [6.45, 7) is 0.657. The molecule has 1 saturated heterocycles. The van der Waals surface area contributed by atoms with Crippen molar-refractivity contribution in [3.8, 4) is 17.1 Å². The van der Waals surface area contributed by atoms with E-state index in [0.29, 0.717) is 25.9 Å². The van der Waals surface area contributed by atoms with E-state index in [1.165, 1.54) is 15.6 Å². The van der Waals surface area contributed by atoms with Crippen molar-refractivity contribution in [2.24, 2.45) is 5.41 Å². The van der Waals surface area contributed by atoms with Crippen molar-refractivity contribution >= 4 is 5.91 Å². The Kier molecular flexibility index (Phi) is 4.69. The molecule has 1 N–H and O–H groups in total. The van der Waals surface area contributed by atoms with E-state index in [-0.39, 0.29) is 34.2 Å². The molecule has 6 nitrogen and oxygen atoms in total. The number of hydrogen-bond acceptors (Lipinski definition) is 4. The van der Waals surface area contributed by atoms with Gasteiger partial charge in [-0.25, -0.2) is 8.78 Å². The van der Waals surface area contributed by atoms with Crippen molar-refractivity contribution in [2.45, 2.75) is 25.1 Å². The number of phenolic OH excluding ortho intramolecular Hbond substituents is 1. The monoisotopic (exact) mass is 464 g/mol. The zero-order valence-electron chi connectivity index (χ0n) is 17.0. The Hall–Kier alpha value is -3.50. The number of halogens is 5. The lowest BCUT2D eigenvalue weighted by Gasteiger charge is -2.59. The number of phenols is 1. The molecule has 0 radical (unpaired) electrons. The van der Waals surface area contributed by atoms with Gasteiger partial charge in [0.1, 0.15) is 22.9 Å². The fourth-order valence-corrected chi connectivity index (χ4v) is 4.74. The molecule has 1 spiro atoms. The lowest BCUT2D eigenvalue weighted by Crippen LogP contribution is -2.64. The van der Waals surface area contributed by atoms with Gasteiger partial charge in [0.15, 0.2) is 0 Å². The summed E-state index contributed by atoms with van der Waals surface area (Å²) in [5.41, 5.74) is -1.73. The molecule has 1 saturated carbocycles. The smallest absolute Gasteiger partial charge is 0.420 e. The Bertz CT molecular complexity index is 1220. The minimum Gasteiger partial charge on any atom is -0.508 e. The van der Waals surface area contributed by atoms with Gasteiger partial charge in [0, 0.05) is 18.5 Å². The van der Waals surface area contributed by atoms with Gasteiger partial charge in [-0.1, -0.05) is 0 Å². The number of aromatic nitrogens is 3. The maximum atomic E-state index is 14.0. The summed E-state index contributed by atoms with van der Waals surface area (Å²) in [6.07, 6.45) is -2.10. The molecule has 2 fully saturated rings. The molecule has 3 aromatic rings. The predicted molar refractivity (Wildman–Crippen MR) is 105 cm³/mol. The number of aromatic hydroxyl groups is 1. The molecule has 11 heteroatoms. The van der Waals surface area contributed by atoms with Crippen LogP contribution in [0.1, 0.15) is 34.8 Å². The summed E-state index contributed by atoms with van der Waals surface area (Å²) >= 11 is 0. The second-order valence-electron chi connectivity index (χ2n) is 8.60. The number of nitrogens with zero attached hydrogens (tertiary/aromatic N) is 4. The first-order chi connectivity index (χ1) is 15.6. The fourth-order valence-electron chi connectivity index (χ4n) is 4.74. The van der Waals surface area contributed by atoms with E-state index >= 15 is 0 Å². The van der Waals surface area contributed by atoms with Crippen LogP contribution in [0.5, 0.6) is 5.75 Å². The van der Waals surface area contributed by atoms with E-state index in [9.17, 15) is 31.9 Å². The van der Waals surface area contributed by atoms with Crippen molar-refractivity contribution < 1.29 is 31.9 Å². The van der Waals surface area contributed by atoms with Crippen LogP contribution in [0.2, 0.25) is 0 Å². The van der Waals surface area contributed by atoms with Crippen LogP contribution in [-0.2, 0) is 6.18 Å². The highest BCUT2D eigenvalue weighted by Crippen LogP contribution is 2.55. The van der Waals surface area contributed by atoms with Gasteiger partial charge in [0.05, 0.1) is 35.4 Å². The van der Waals surface area contributed by atoms with Crippen LogP contribution in [0, 0.1) is 17.0 Å². The van der Waals surface area contributed by atoms with Crippen LogP contribution in [0.4, 0.5) is 22.0 Å². The Morgan fingerprint density at radius 3 is 2.45 bits per heavy atom. The average molecular weight is 464 g/mol. The third-order valence-electron chi connectivity index (χ3n) is 6.27. The highest BCUT2D eigenvalue weighted by Gasteiger charge is 2.55. The molecule has 5 rings (SSSR count). The van der Waals surface area contributed by atoms with Crippen LogP contribution < -0.4 is 0 Å². The second-order valence-corrected chi connectivity index (χ2v) is 8.60. The van der Waals surface area contributed by atoms with Crippen molar-refractivity contribution in [3.05, 3.63) is 65.5 Å². The summed E-state index contributed by atoms with van der Waals surface area (Å²) < 4.78 is 69.1. The number of likely N-dealkylation sites (tertiary alicyclic amines) is 1. The molecule has 3 heterocycles. The van der Waals surface area contributed by atoms with Crippen molar-refractivity contribution in [3.63, 3.8) is 0 Å². The Morgan fingerprint density at radius 2 is 1.82 bits per heavy atom. The molecule has 2 aliphatic rings. The van der Waals surface area contributed by atoms with Crippen LogP contribution in [0.15, 0.2) is 42.7 Å². The number of hydrogen-bond donors (Lipinski definition) is 1. The summed E-state index contributed by atoms with van der Waals surface area (Å²) in [7, 11) is 0. The molecule has 2 aromatic heterocycles. The Balaban J connectivity index is 1.33.